The summed E-state index contributed by atoms with van der Waals surface area (Å²) < 4.78 is 4.61. The first kappa shape index (κ1) is 12.0. The molecule has 2 N–H and O–H groups in total. The summed E-state index contributed by atoms with van der Waals surface area (Å²) in [5, 5.41) is 13.1. The number of aromatic hydroxyl groups is 1. The van der Waals surface area contributed by atoms with Gasteiger partial charge in [-0.05, 0) is 26.0 Å². The van der Waals surface area contributed by atoms with Gasteiger partial charge in [-0.3, -0.25) is 0 Å². The van der Waals surface area contributed by atoms with Crippen molar-refractivity contribution < 1.29 is 14.6 Å². The summed E-state index contributed by atoms with van der Waals surface area (Å²) in [4.78, 5) is 10.9. The van der Waals surface area contributed by atoms with Crippen molar-refractivity contribution in [2.45, 2.75) is 13.8 Å². The third kappa shape index (κ3) is 3.61. The summed E-state index contributed by atoms with van der Waals surface area (Å²) in [6.07, 6.45) is 0.741. The van der Waals surface area contributed by atoms with Crippen molar-refractivity contribution in [1.29, 1.82) is 0 Å². The number of carbonyl (C=O) groups is 1. The van der Waals surface area contributed by atoms with E-state index in [1.165, 1.54) is 6.21 Å². The Bertz CT molecular complexity index is 402. The molecule has 1 aromatic carbocycles. The predicted octanol–water partition coefficient (Wildman–Crippen LogP) is 1.78. The van der Waals surface area contributed by atoms with Gasteiger partial charge in [0.2, 0.25) is 0 Å². The number of nitrogens with one attached hydrogen (secondary N) is 1. The molecule has 86 valence electrons. The molecular formula is C11H14N2O3. The van der Waals surface area contributed by atoms with Crippen LogP contribution in [0.4, 0.5) is 4.79 Å². The Hall–Kier alpha value is -2.04. The van der Waals surface area contributed by atoms with Crippen LogP contribution in [0.1, 0.15) is 18.1 Å². The van der Waals surface area contributed by atoms with Crippen molar-refractivity contribution in [1.82, 2.24) is 5.43 Å². The topological polar surface area (TPSA) is 70.9 Å². The molecule has 0 aliphatic carbocycles. The van der Waals surface area contributed by atoms with Crippen molar-refractivity contribution in [3.05, 3.63) is 29.3 Å². The van der Waals surface area contributed by atoms with Gasteiger partial charge in [0.25, 0.3) is 0 Å². The van der Waals surface area contributed by atoms with E-state index in [2.05, 4.69) is 15.3 Å². The van der Waals surface area contributed by atoms with E-state index in [1.807, 2.05) is 6.92 Å². The highest BCUT2D eigenvalue weighted by Crippen LogP contribution is 2.15. The number of nitrogens with zero attached hydrogens (tertiary/aromatic N) is 1. The van der Waals surface area contributed by atoms with Crippen LogP contribution < -0.4 is 5.43 Å². The maximum absolute atomic E-state index is 10.9. The van der Waals surface area contributed by atoms with Crippen LogP contribution in [0, 0.1) is 6.92 Å². The van der Waals surface area contributed by atoms with Crippen LogP contribution in [0.3, 0.4) is 0 Å². The molecule has 16 heavy (non-hydrogen) atoms. The fourth-order valence-electron chi connectivity index (χ4n) is 1.10. The highest BCUT2D eigenvalue weighted by molar-refractivity contribution is 5.84. The zero-order valence-electron chi connectivity index (χ0n) is 9.23. The van der Waals surface area contributed by atoms with Gasteiger partial charge >= 0.3 is 6.09 Å². The Morgan fingerprint density at radius 2 is 2.38 bits per heavy atom. The molecule has 0 radical (unpaired) electrons. The fourth-order valence-corrected chi connectivity index (χ4v) is 1.10. The van der Waals surface area contributed by atoms with Gasteiger partial charge in [-0.15, -0.1) is 0 Å². The molecule has 1 aromatic rings. The Morgan fingerprint density at radius 1 is 1.62 bits per heavy atom. The highest BCUT2D eigenvalue weighted by atomic mass is 16.5. The lowest BCUT2D eigenvalue weighted by Crippen LogP contribution is -2.18. The molecule has 5 heteroatoms. The van der Waals surface area contributed by atoms with Crippen LogP contribution in [-0.4, -0.2) is 24.0 Å². The molecule has 0 heterocycles. The summed E-state index contributed by atoms with van der Waals surface area (Å²) >= 11 is 0. The molecule has 0 aliphatic heterocycles. The van der Waals surface area contributed by atoms with Crippen molar-refractivity contribution in [3.63, 3.8) is 0 Å². The number of carbonyl (C=O) groups excluding carboxylic acids is 1. The van der Waals surface area contributed by atoms with Crippen LogP contribution in [-0.2, 0) is 4.74 Å². The van der Waals surface area contributed by atoms with Crippen LogP contribution in [0.25, 0.3) is 0 Å². The smallest absolute Gasteiger partial charge is 0.427 e. The predicted molar refractivity (Wildman–Crippen MR) is 60.6 cm³/mol. The second-order valence-corrected chi connectivity index (χ2v) is 3.15. The number of ether oxygens (including phenoxy) is 1. The number of hydrogen-bond acceptors (Lipinski definition) is 4. The van der Waals surface area contributed by atoms with E-state index in [9.17, 15) is 9.90 Å². The Balaban J connectivity index is 2.62. The molecule has 0 atom stereocenters. The van der Waals surface area contributed by atoms with Crippen LogP contribution in [0.2, 0.25) is 0 Å². The Labute approximate surface area is 93.7 Å². The second-order valence-electron chi connectivity index (χ2n) is 3.15. The number of hydrazone groups is 1. The van der Waals surface area contributed by atoms with Crippen molar-refractivity contribution >= 4 is 12.3 Å². The van der Waals surface area contributed by atoms with Gasteiger partial charge in [-0.25, -0.2) is 10.2 Å². The first-order chi connectivity index (χ1) is 7.63. The van der Waals surface area contributed by atoms with Crippen LogP contribution in [0.5, 0.6) is 5.75 Å². The number of phenolic OH excluding ortho intramolecular Hbond substituents is 1. The first-order valence-corrected chi connectivity index (χ1v) is 4.89. The summed E-state index contributed by atoms with van der Waals surface area (Å²) in [6.45, 7) is 3.89. The number of phenols is 1. The minimum absolute atomic E-state index is 0.111. The third-order valence-corrected chi connectivity index (χ3v) is 1.82. The van der Waals surface area contributed by atoms with Crippen molar-refractivity contribution in [3.8, 4) is 5.75 Å². The highest BCUT2D eigenvalue weighted by Gasteiger charge is 1.99. The van der Waals surface area contributed by atoms with E-state index < -0.39 is 6.09 Å². The molecule has 0 saturated carbocycles. The largest absolute Gasteiger partial charge is 0.507 e. The van der Waals surface area contributed by atoms with E-state index in [1.54, 1.807) is 25.1 Å². The number of amides is 1. The van der Waals surface area contributed by atoms with E-state index in [0.29, 0.717) is 5.56 Å². The Kier molecular flexibility index (Phi) is 4.32. The zero-order valence-corrected chi connectivity index (χ0v) is 9.23. The maximum Gasteiger partial charge on any atom is 0.427 e. The van der Waals surface area contributed by atoms with Gasteiger partial charge in [-0.2, -0.15) is 5.10 Å². The summed E-state index contributed by atoms with van der Waals surface area (Å²) in [7, 11) is 0. The summed E-state index contributed by atoms with van der Waals surface area (Å²) in [6, 6.07) is 5.11. The van der Waals surface area contributed by atoms with E-state index in [4.69, 9.17) is 0 Å². The number of hydrogen-bond donors (Lipinski definition) is 2. The average molecular weight is 222 g/mol. The summed E-state index contributed by atoms with van der Waals surface area (Å²) in [5.41, 5.74) is 3.71. The van der Waals surface area contributed by atoms with Gasteiger partial charge in [0.1, 0.15) is 5.75 Å². The molecule has 0 fully saturated rings. The SMILES string of the molecule is CCOC(=O)NN=Cc1cc(C)ccc1O. The molecule has 0 spiro atoms. The monoisotopic (exact) mass is 222 g/mol. The lowest BCUT2D eigenvalue weighted by molar-refractivity contribution is 0.152. The van der Waals surface area contributed by atoms with Gasteiger partial charge in [0, 0.05) is 5.56 Å². The van der Waals surface area contributed by atoms with Gasteiger partial charge in [0.15, 0.2) is 0 Å². The zero-order chi connectivity index (χ0) is 12.0. The molecule has 1 rings (SSSR count). The Morgan fingerprint density at radius 3 is 3.06 bits per heavy atom. The standard InChI is InChI=1S/C11H14N2O3/c1-3-16-11(15)13-12-7-9-6-8(2)4-5-10(9)14/h4-7,14H,3H2,1-2H3,(H,13,15). The van der Waals surface area contributed by atoms with Gasteiger partial charge < -0.3 is 9.84 Å². The molecule has 0 aliphatic rings. The molecular weight excluding hydrogens is 208 g/mol. The maximum atomic E-state index is 10.9. The molecule has 1 amide bonds. The molecule has 5 nitrogen and oxygen atoms in total. The van der Waals surface area contributed by atoms with Crippen molar-refractivity contribution in [2.75, 3.05) is 6.61 Å². The second kappa shape index (κ2) is 5.75. The van der Waals surface area contributed by atoms with E-state index in [0.717, 1.165) is 5.56 Å². The number of rotatable bonds is 3. The molecule has 0 bridgehead atoms. The third-order valence-electron chi connectivity index (χ3n) is 1.82. The fraction of sp³-hybridized carbons (Fsp3) is 0.273. The number of benzene rings is 1. The molecule has 0 aromatic heterocycles. The van der Waals surface area contributed by atoms with E-state index >= 15 is 0 Å². The normalized spacial score (nSPS) is 10.4. The quantitative estimate of drug-likeness (QED) is 0.605. The summed E-state index contributed by atoms with van der Waals surface area (Å²) in [5.74, 6) is 0.111. The molecule has 0 saturated heterocycles. The van der Waals surface area contributed by atoms with E-state index in [-0.39, 0.29) is 12.4 Å². The van der Waals surface area contributed by atoms with Crippen molar-refractivity contribution in [2.24, 2.45) is 5.10 Å². The van der Waals surface area contributed by atoms with Gasteiger partial charge in [0.05, 0.1) is 12.8 Å². The van der Waals surface area contributed by atoms with Gasteiger partial charge in [-0.1, -0.05) is 11.6 Å². The first-order valence-electron chi connectivity index (χ1n) is 4.89. The molecule has 0 unspecified atom stereocenters. The van der Waals surface area contributed by atoms with Crippen LogP contribution >= 0.6 is 0 Å². The lowest BCUT2D eigenvalue weighted by atomic mass is 10.1. The lowest BCUT2D eigenvalue weighted by Gasteiger charge is -2.01. The van der Waals surface area contributed by atoms with Crippen LogP contribution in [0.15, 0.2) is 23.3 Å². The minimum atomic E-state index is -0.620. The average Bonchev–Trinajstić information content (AvgIpc) is 2.23. The minimum Gasteiger partial charge on any atom is -0.507 e. The number of aryl methyl sites for hydroxylation is 1.